The van der Waals surface area contributed by atoms with Crippen LogP contribution in [0.3, 0.4) is 0 Å². The first kappa shape index (κ1) is 32.5. The van der Waals surface area contributed by atoms with Crippen molar-refractivity contribution in [1.29, 1.82) is 0 Å². The molecule has 1 unspecified atom stereocenters. The predicted molar refractivity (Wildman–Crippen MR) is 158 cm³/mol. The third kappa shape index (κ3) is 7.39. The molecule has 2 aliphatic rings. The van der Waals surface area contributed by atoms with E-state index in [0.29, 0.717) is 24.7 Å². The average Bonchev–Trinajstić information content (AvgIpc) is 3.67. The Morgan fingerprint density at radius 3 is 2.26 bits per heavy atom. The van der Waals surface area contributed by atoms with Crippen LogP contribution in [0.5, 0.6) is 0 Å². The Hall–Kier alpha value is -3.42. The summed E-state index contributed by atoms with van der Waals surface area (Å²) < 4.78 is 58.0. The van der Waals surface area contributed by atoms with Crippen LogP contribution in [0.4, 0.5) is 13.2 Å². The van der Waals surface area contributed by atoms with Crippen molar-refractivity contribution in [2.45, 2.75) is 57.7 Å². The van der Waals surface area contributed by atoms with Crippen LogP contribution in [0.15, 0.2) is 42.6 Å². The number of carboxylic acid groups (broad SMARTS) is 1. The second kappa shape index (κ2) is 13.1. The number of hydrogen-bond acceptors (Lipinski definition) is 5. The first-order valence-electron chi connectivity index (χ1n) is 14.3. The van der Waals surface area contributed by atoms with Crippen molar-refractivity contribution in [2.75, 3.05) is 31.9 Å². The van der Waals surface area contributed by atoms with Crippen LogP contribution in [0.25, 0.3) is 22.0 Å². The fraction of sp³-hybridized carbons (Fsp3) is 0.467. The maximum Gasteiger partial charge on any atom is 0.490 e. The summed E-state index contributed by atoms with van der Waals surface area (Å²) in [7, 11) is -3.17. The van der Waals surface area contributed by atoms with E-state index in [-0.39, 0.29) is 11.7 Å². The normalized spacial score (nSPS) is 17.9. The number of carbonyl (C=O) groups excluding carboxylic acids is 1. The molecule has 0 bridgehead atoms. The summed E-state index contributed by atoms with van der Waals surface area (Å²) in [6.07, 6.45) is 0.905. The molecule has 9 nitrogen and oxygen atoms in total. The Bertz CT molecular complexity index is 1570. The zero-order chi connectivity index (χ0) is 31.5. The van der Waals surface area contributed by atoms with Crippen molar-refractivity contribution in [3.63, 3.8) is 0 Å². The van der Waals surface area contributed by atoms with Gasteiger partial charge in [-0.3, -0.25) is 9.69 Å². The smallest absolute Gasteiger partial charge is 0.475 e. The number of nitrogens with two attached hydrogens (primary N) is 1. The number of piperidine rings is 1. The molecule has 13 heteroatoms. The van der Waals surface area contributed by atoms with E-state index in [4.69, 9.17) is 15.6 Å². The molecule has 1 aromatic heterocycles. The molecule has 1 amide bonds. The molecular formula is C30H37F3N4O5S. The number of rotatable bonds is 7. The zero-order valence-corrected chi connectivity index (χ0v) is 25.0. The number of nitrogens with one attached hydrogen (secondary N) is 1. The van der Waals surface area contributed by atoms with E-state index in [0.717, 1.165) is 53.5 Å². The van der Waals surface area contributed by atoms with Crippen molar-refractivity contribution < 1.29 is 36.3 Å². The van der Waals surface area contributed by atoms with Crippen LogP contribution < -0.4 is 5.73 Å². The van der Waals surface area contributed by atoms with E-state index in [2.05, 4.69) is 47.1 Å². The lowest BCUT2D eigenvalue weighted by Gasteiger charge is -2.31. The maximum atomic E-state index is 12.4. The highest BCUT2D eigenvalue weighted by Crippen LogP contribution is 2.38. The molecule has 3 aromatic rings. The van der Waals surface area contributed by atoms with Crippen molar-refractivity contribution in [3.05, 3.63) is 59.3 Å². The van der Waals surface area contributed by atoms with Crippen LogP contribution in [0.1, 0.15) is 73.0 Å². The van der Waals surface area contributed by atoms with Gasteiger partial charge in [0.1, 0.15) is 0 Å². The minimum atomic E-state index is -5.08. The summed E-state index contributed by atoms with van der Waals surface area (Å²) in [5, 5.41) is 8.12. The average molecular weight is 623 g/mol. The molecule has 2 saturated heterocycles. The lowest BCUT2D eigenvalue weighted by atomic mass is 9.88. The summed E-state index contributed by atoms with van der Waals surface area (Å²) >= 11 is 0. The summed E-state index contributed by atoms with van der Waals surface area (Å²) in [5.41, 5.74) is 11.5. The number of aliphatic carboxylic acids is 1. The molecule has 2 aliphatic heterocycles. The Morgan fingerprint density at radius 2 is 1.70 bits per heavy atom. The van der Waals surface area contributed by atoms with Gasteiger partial charge in [-0.15, -0.1) is 0 Å². The number of hydrogen-bond donors (Lipinski definition) is 3. The van der Waals surface area contributed by atoms with Crippen molar-refractivity contribution in [3.8, 4) is 11.1 Å². The number of amides is 1. The summed E-state index contributed by atoms with van der Waals surface area (Å²) in [6, 6.07) is 13.0. The highest BCUT2D eigenvalue weighted by atomic mass is 32.2. The largest absolute Gasteiger partial charge is 0.490 e. The number of carboxylic acids is 1. The van der Waals surface area contributed by atoms with Gasteiger partial charge in [0.15, 0.2) is 0 Å². The van der Waals surface area contributed by atoms with Crippen LogP contribution in [0, 0.1) is 0 Å². The van der Waals surface area contributed by atoms with Gasteiger partial charge in [-0.05, 0) is 99.0 Å². The number of benzene rings is 2. The lowest BCUT2D eigenvalue weighted by molar-refractivity contribution is -0.192. The van der Waals surface area contributed by atoms with Crippen LogP contribution in [-0.2, 0) is 14.8 Å². The molecule has 5 rings (SSSR count). The first-order valence-corrected chi connectivity index (χ1v) is 15.9. The number of carbonyl (C=O) groups is 2. The number of H-pyrrole nitrogens is 1. The molecule has 0 spiro atoms. The van der Waals surface area contributed by atoms with Gasteiger partial charge in [0.2, 0.25) is 10.0 Å². The van der Waals surface area contributed by atoms with Gasteiger partial charge in [-0.25, -0.2) is 17.5 Å². The van der Waals surface area contributed by atoms with Crippen molar-refractivity contribution in [1.82, 2.24) is 14.2 Å². The van der Waals surface area contributed by atoms with Crippen LogP contribution in [0.2, 0.25) is 0 Å². The second-order valence-corrected chi connectivity index (χ2v) is 13.2. The molecule has 234 valence electrons. The number of nitrogens with zero attached hydrogens (tertiary/aromatic N) is 2. The van der Waals surface area contributed by atoms with E-state index in [1.165, 1.54) is 18.4 Å². The fourth-order valence-electron chi connectivity index (χ4n) is 5.90. The number of halogens is 3. The van der Waals surface area contributed by atoms with Crippen LogP contribution >= 0.6 is 0 Å². The van der Waals surface area contributed by atoms with Gasteiger partial charge in [0.25, 0.3) is 5.91 Å². The fourth-order valence-corrected chi connectivity index (χ4v) is 7.03. The van der Waals surface area contributed by atoms with Gasteiger partial charge in [-0.2, -0.15) is 13.2 Å². The minimum Gasteiger partial charge on any atom is -0.475 e. The summed E-state index contributed by atoms with van der Waals surface area (Å²) in [5.74, 6) is -2.86. The van der Waals surface area contributed by atoms with Gasteiger partial charge in [0, 0.05) is 30.7 Å². The Morgan fingerprint density at radius 1 is 1.07 bits per heavy atom. The molecule has 43 heavy (non-hydrogen) atoms. The number of primary amides is 1. The molecule has 4 N–H and O–H groups in total. The SMILES string of the molecule is CCS(=O)(=O)N1CCC(c2c[nH]c3c(C(N)=O)cc(-c4cccc(C(C)N5CCCC5)c4)cc23)CC1.O=C(O)C(F)(F)F. The van der Waals surface area contributed by atoms with Crippen LogP contribution in [-0.4, -0.2) is 77.7 Å². The molecule has 2 aromatic carbocycles. The topological polar surface area (TPSA) is 137 Å². The summed E-state index contributed by atoms with van der Waals surface area (Å²) in [4.78, 5) is 27.2. The van der Waals surface area contributed by atoms with E-state index in [1.54, 1.807) is 11.2 Å². The highest BCUT2D eigenvalue weighted by molar-refractivity contribution is 7.89. The Labute approximate surface area is 248 Å². The minimum absolute atomic E-state index is 0.130. The van der Waals surface area contributed by atoms with Gasteiger partial charge in [0.05, 0.1) is 16.8 Å². The lowest BCUT2D eigenvalue weighted by Crippen LogP contribution is -2.38. The predicted octanol–water partition coefficient (Wildman–Crippen LogP) is 5.25. The monoisotopic (exact) mass is 622 g/mol. The molecule has 3 heterocycles. The maximum absolute atomic E-state index is 12.4. The Balaban J connectivity index is 0.000000541. The van der Waals surface area contributed by atoms with E-state index >= 15 is 0 Å². The van der Waals surface area contributed by atoms with E-state index in [9.17, 15) is 26.4 Å². The van der Waals surface area contributed by atoms with E-state index in [1.807, 2.05) is 12.3 Å². The quantitative estimate of drug-likeness (QED) is 0.329. The zero-order valence-electron chi connectivity index (χ0n) is 24.2. The third-order valence-corrected chi connectivity index (χ3v) is 10.3. The molecule has 0 saturated carbocycles. The number of aromatic nitrogens is 1. The standard InChI is InChI=1S/C28H36N4O3S.C2HF3O2/c1-3-36(34,35)32-13-9-20(10-14-32)26-18-30-27-24(26)16-23(17-25(27)28(29)33)22-8-6-7-21(15-22)19(2)31-11-4-5-12-31;3-2(4,5)1(6)7/h6-8,15-20,30H,3-5,9-14H2,1-2H3,(H2,29,33);(H,6,7). The van der Waals surface area contributed by atoms with Crippen molar-refractivity contribution in [2.24, 2.45) is 5.73 Å². The highest BCUT2D eigenvalue weighted by Gasteiger charge is 2.38. The van der Waals surface area contributed by atoms with Crippen molar-refractivity contribution >= 4 is 32.8 Å². The molecular weight excluding hydrogens is 585 g/mol. The molecule has 0 radical (unpaired) electrons. The number of likely N-dealkylation sites (tertiary alicyclic amines) is 1. The number of alkyl halides is 3. The van der Waals surface area contributed by atoms with Gasteiger partial charge < -0.3 is 15.8 Å². The number of aromatic amines is 1. The third-order valence-electron chi connectivity index (χ3n) is 8.37. The molecule has 2 fully saturated rings. The molecule has 0 aliphatic carbocycles. The second-order valence-electron chi connectivity index (χ2n) is 11.0. The first-order chi connectivity index (χ1) is 20.2. The number of fused-ring (bicyclic) bond motifs is 1. The van der Waals surface area contributed by atoms with E-state index < -0.39 is 28.1 Å². The number of sulfonamides is 1. The van der Waals surface area contributed by atoms with Gasteiger partial charge in [-0.1, -0.05) is 18.2 Å². The Kier molecular flexibility index (Phi) is 9.87. The summed E-state index contributed by atoms with van der Waals surface area (Å²) in [6.45, 7) is 7.26. The molecule has 1 atom stereocenters. The van der Waals surface area contributed by atoms with Gasteiger partial charge >= 0.3 is 12.1 Å².